The first-order valence-corrected chi connectivity index (χ1v) is 11.0. The number of benzene rings is 4. The van der Waals surface area contributed by atoms with Crippen LogP contribution in [-0.4, -0.2) is 0 Å². The highest BCUT2D eigenvalue weighted by Gasteiger charge is 2.46. The lowest BCUT2D eigenvalue weighted by Gasteiger charge is -2.34. The number of fused-ring (bicyclic) bond motifs is 3. The van der Waals surface area contributed by atoms with Gasteiger partial charge in [0.15, 0.2) is 0 Å². The topological polar surface area (TPSA) is 0 Å². The monoisotopic (exact) mass is 390 g/mol. The Morgan fingerprint density at radius 2 is 1.03 bits per heavy atom. The van der Waals surface area contributed by atoms with Crippen LogP contribution in [0.5, 0.6) is 0 Å². The molecular weight excluding hydrogens is 360 g/mol. The predicted molar refractivity (Wildman–Crippen MR) is 129 cm³/mol. The maximum atomic E-state index is 2.43. The van der Waals surface area contributed by atoms with Crippen molar-refractivity contribution in [2.75, 3.05) is 0 Å². The van der Waals surface area contributed by atoms with Crippen LogP contribution in [0.2, 0.25) is 0 Å². The van der Waals surface area contributed by atoms with E-state index in [1.807, 2.05) is 13.8 Å². The molecule has 0 aliphatic heterocycles. The van der Waals surface area contributed by atoms with Crippen molar-refractivity contribution in [1.82, 2.24) is 0 Å². The third-order valence-corrected chi connectivity index (χ3v) is 6.58. The first kappa shape index (κ1) is 20.2. The molecule has 0 aromatic heterocycles. The van der Waals surface area contributed by atoms with Gasteiger partial charge < -0.3 is 0 Å². The minimum atomic E-state index is -0.280. The van der Waals surface area contributed by atoms with E-state index in [1.54, 1.807) is 0 Å². The van der Waals surface area contributed by atoms with E-state index in [9.17, 15) is 0 Å². The average molecular weight is 391 g/mol. The third kappa shape index (κ3) is 2.75. The van der Waals surface area contributed by atoms with Gasteiger partial charge in [0.1, 0.15) is 0 Å². The molecule has 4 aromatic carbocycles. The van der Waals surface area contributed by atoms with Crippen molar-refractivity contribution in [3.05, 3.63) is 130 Å². The molecule has 0 amide bonds. The first-order chi connectivity index (χ1) is 14.7. The van der Waals surface area contributed by atoms with E-state index in [2.05, 4.69) is 112 Å². The third-order valence-electron chi connectivity index (χ3n) is 6.58. The van der Waals surface area contributed by atoms with Gasteiger partial charge in [-0.3, -0.25) is 0 Å². The summed E-state index contributed by atoms with van der Waals surface area (Å²) >= 11 is 0. The molecule has 1 aliphatic rings. The van der Waals surface area contributed by atoms with Crippen molar-refractivity contribution >= 4 is 0 Å². The second-order valence-corrected chi connectivity index (χ2v) is 7.89. The molecule has 0 radical (unpaired) electrons. The van der Waals surface area contributed by atoms with Crippen LogP contribution in [0.3, 0.4) is 0 Å². The molecule has 1 aliphatic carbocycles. The molecule has 0 heteroatoms. The fourth-order valence-electron chi connectivity index (χ4n) is 5.06. The maximum Gasteiger partial charge on any atom is 0.0713 e. The Morgan fingerprint density at radius 3 is 1.60 bits per heavy atom. The molecule has 0 unspecified atom stereocenters. The highest BCUT2D eigenvalue weighted by molar-refractivity contribution is 5.88. The quantitative estimate of drug-likeness (QED) is 0.286. The van der Waals surface area contributed by atoms with Crippen LogP contribution >= 0.6 is 0 Å². The lowest BCUT2D eigenvalue weighted by Crippen LogP contribution is -2.28. The fourth-order valence-corrected chi connectivity index (χ4v) is 5.06. The van der Waals surface area contributed by atoms with Crippen LogP contribution in [0.15, 0.2) is 91.0 Å². The summed E-state index contributed by atoms with van der Waals surface area (Å²) in [5.74, 6) is 0. The van der Waals surface area contributed by atoms with Crippen molar-refractivity contribution in [3.63, 3.8) is 0 Å². The van der Waals surface area contributed by atoms with E-state index in [4.69, 9.17) is 0 Å². The molecule has 150 valence electrons. The Balaban J connectivity index is 0.00000106. The van der Waals surface area contributed by atoms with Gasteiger partial charge in [-0.25, -0.2) is 0 Å². The molecule has 0 nitrogen and oxygen atoms in total. The molecule has 0 heterocycles. The van der Waals surface area contributed by atoms with E-state index in [1.165, 1.54) is 50.1 Å². The van der Waals surface area contributed by atoms with Crippen LogP contribution in [-0.2, 0) is 5.41 Å². The molecule has 0 fully saturated rings. The predicted octanol–water partition coefficient (Wildman–Crippen LogP) is 8.00. The van der Waals surface area contributed by atoms with E-state index in [0.717, 1.165) is 0 Å². The standard InChI is InChI=1S/C28H24.C2H6/c1-19-18-26-27(21(3)20(19)2)24-16-10-11-17-25(24)28(26,22-12-6-4-7-13-22)23-14-8-5-9-15-23;1-2/h4-18H,1-3H3;1-2H3. The lowest BCUT2D eigenvalue weighted by molar-refractivity contribution is 0.766. The number of hydrogen-bond donors (Lipinski definition) is 0. The van der Waals surface area contributed by atoms with Gasteiger partial charge in [0.2, 0.25) is 0 Å². The van der Waals surface area contributed by atoms with Crippen molar-refractivity contribution in [1.29, 1.82) is 0 Å². The largest absolute Gasteiger partial charge is 0.0713 e. The zero-order valence-corrected chi connectivity index (χ0v) is 18.7. The highest BCUT2D eigenvalue weighted by Crippen LogP contribution is 2.57. The van der Waals surface area contributed by atoms with Crippen molar-refractivity contribution in [2.45, 2.75) is 40.0 Å². The van der Waals surface area contributed by atoms with Crippen LogP contribution in [0.4, 0.5) is 0 Å². The van der Waals surface area contributed by atoms with Gasteiger partial charge in [-0.1, -0.05) is 105 Å². The Kier molecular flexibility index (Phi) is 5.35. The van der Waals surface area contributed by atoms with E-state index >= 15 is 0 Å². The van der Waals surface area contributed by atoms with Crippen molar-refractivity contribution < 1.29 is 0 Å². The van der Waals surface area contributed by atoms with Crippen LogP contribution in [0.25, 0.3) is 11.1 Å². The molecule has 0 saturated carbocycles. The maximum absolute atomic E-state index is 2.43. The summed E-state index contributed by atoms with van der Waals surface area (Å²) in [7, 11) is 0. The second-order valence-electron chi connectivity index (χ2n) is 7.89. The van der Waals surface area contributed by atoms with Gasteiger partial charge in [0, 0.05) is 0 Å². The van der Waals surface area contributed by atoms with Crippen LogP contribution in [0.1, 0.15) is 52.8 Å². The Hall–Kier alpha value is -3.12. The second kappa shape index (κ2) is 7.95. The Morgan fingerprint density at radius 1 is 0.533 bits per heavy atom. The van der Waals surface area contributed by atoms with Gasteiger partial charge in [0.25, 0.3) is 0 Å². The summed E-state index contributed by atoms with van der Waals surface area (Å²) in [5.41, 5.74) is 12.1. The van der Waals surface area contributed by atoms with Gasteiger partial charge in [-0.15, -0.1) is 0 Å². The molecule has 5 rings (SSSR count). The molecule has 0 spiro atoms. The summed E-state index contributed by atoms with van der Waals surface area (Å²) in [6.07, 6.45) is 0. The smallest absolute Gasteiger partial charge is 0.0683 e. The zero-order valence-electron chi connectivity index (χ0n) is 18.7. The van der Waals surface area contributed by atoms with Crippen molar-refractivity contribution in [2.24, 2.45) is 0 Å². The number of hydrogen-bond acceptors (Lipinski definition) is 0. The van der Waals surface area contributed by atoms with Crippen LogP contribution < -0.4 is 0 Å². The molecule has 0 bridgehead atoms. The lowest BCUT2D eigenvalue weighted by atomic mass is 9.67. The Labute approximate surface area is 181 Å². The fraction of sp³-hybridized carbons (Fsp3) is 0.200. The van der Waals surface area contributed by atoms with Crippen molar-refractivity contribution in [3.8, 4) is 11.1 Å². The molecule has 0 N–H and O–H groups in total. The van der Waals surface area contributed by atoms with E-state index < -0.39 is 0 Å². The summed E-state index contributed by atoms with van der Waals surface area (Å²) in [6, 6.07) is 33.4. The summed E-state index contributed by atoms with van der Waals surface area (Å²) in [4.78, 5) is 0. The average Bonchev–Trinajstić information content (AvgIpc) is 3.11. The normalized spacial score (nSPS) is 13.1. The van der Waals surface area contributed by atoms with E-state index in [-0.39, 0.29) is 5.41 Å². The summed E-state index contributed by atoms with van der Waals surface area (Å²) in [6.45, 7) is 10.8. The minimum absolute atomic E-state index is 0.280. The Bertz CT molecular complexity index is 1130. The van der Waals surface area contributed by atoms with Gasteiger partial charge in [-0.05, 0) is 70.8 Å². The molecule has 4 aromatic rings. The van der Waals surface area contributed by atoms with Gasteiger partial charge >= 0.3 is 0 Å². The van der Waals surface area contributed by atoms with Crippen LogP contribution in [0, 0.1) is 20.8 Å². The molecule has 0 saturated heterocycles. The van der Waals surface area contributed by atoms with E-state index in [0.29, 0.717) is 0 Å². The molecular formula is C30H30. The SMILES string of the molecule is CC.Cc1cc2c(c(C)c1C)-c1ccccc1C2(c1ccccc1)c1ccccc1. The minimum Gasteiger partial charge on any atom is -0.0683 e. The number of rotatable bonds is 2. The molecule has 30 heavy (non-hydrogen) atoms. The summed E-state index contributed by atoms with van der Waals surface area (Å²) < 4.78 is 0. The molecule has 0 atom stereocenters. The zero-order chi connectivity index (χ0) is 21.3. The first-order valence-electron chi connectivity index (χ1n) is 11.0. The summed E-state index contributed by atoms with van der Waals surface area (Å²) in [5, 5.41) is 0. The van der Waals surface area contributed by atoms with Gasteiger partial charge in [0.05, 0.1) is 5.41 Å². The van der Waals surface area contributed by atoms with Gasteiger partial charge in [-0.2, -0.15) is 0 Å². The highest BCUT2D eigenvalue weighted by atomic mass is 14.5. The number of aryl methyl sites for hydroxylation is 1.